The molecule has 0 aliphatic carbocycles. The van der Waals surface area contributed by atoms with Gasteiger partial charge in [0.05, 0.1) is 25.3 Å². The summed E-state index contributed by atoms with van der Waals surface area (Å²) in [7, 11) is 1.64. The molecule has 0 saturated heterocycles. The zero-order valence-electron chi connectivity index (χ0n) is 12.2. The van der Waals surface area contributed by atoms with E-state index >= 15 is 0 Å². The molecule has 3 rings (SSSR count). The third kappa shape index (κ3) is 3.25. The van der Waals surface area contributed by atoms with Crippen LogP contribution in [0.5, 0.6) is 11.5 Å². The van der Waals surface area contributed by atoms with Crippen LogP contribution in [0.2, 0.25) is 0 Å². The summed E-state index contributed by atoms with van der Waals surface area (Å²) in [5.74, 6) is 2.44. The predicted octanol–water partition coefficient (Wildman–Crippen LogP) is 2.24. The lowest BCUT2D eigenvalue weighted by Gasteiger charge is -2.08. The van der Waals surface area contributed by atoms with E-state index in [2.05, 4.69) is 25.5 Å². The van der Waals surface area contributed by atoms with Crippen molar-refractivity contribution in [3.8, 4) is 11.5 Å². The van der Waals surface area contributed by atoms with Gasteiger partial charge in [-0.05, 0) is 30.7 Å². The van der Waals surface area contributed by atoms with Crippen molar-refractivity contribution in [2.24, 2.45) is 0 Å². The number of nitrogens with zero attached hydrogens (tertiary/aromatic N) is 3. The average molecular weight is 299 g/mol. The fraction of sp³-hybridized carbons (Fsp3) is 0.267. The number of benzene rings is 1. The van der Waals surface area contributed by atoms with E-state index in [4.69, 9.17) is 9.47 Å². The predicted molar refractivity (Wildman–Crippen MR) is 83.3 cm³/mol. The van der Waals surface area contributed by atoms with Gasteiger partial charge in [0.1, 0.15) is 23.6 Å². The number of aromatic nitrogens is 4. The Balaban J connectivity index is 1.44. The minimum Gasteiger partial charge on any atom is -0.497 e. The van der Waals surface area contributed by atoms with Gasteiger partial charge in [-0.25, -0.2) is 9.97 Å². The van der Waals surface area contributed by atoms with Crippen molar-refractivity contribution >= 4 is 16.9 Å². The summed E-state index contributed by atoms with van der Waals surface area (Å²) in [6.45, 7) is 1.38. The van der Waals surface area contributed by atoms with Crippen molar-refractivity contribution in [2.45, 2.75) is 6.42 Å². The van der Waals surface area contributed by atoms with Gasteiger partial charge in [0, 0.05) is 6.54 Å². The van der Waals surface area contributed by atoms with Gasteiger partial charge in [-0.3, -0.25) is 5.10 Å². The fourth-order valence-electron chi connectivity index (χ4n) is 2.05. The Morgan fingerprint density at radius 2 is 1.95 bits per heavy atom. The first-order valence-electron chi connectivity index (χ1n) is 7.01. The highest BCUT2D eigenvalue weighted by Crippen LogP contribution is 2.17. The van der Waals surface area contributed by atoms with E-state index < -0.39 is 0 Å². The molecular weight excluding hydrogens is 282 g/mol. The maximum atomic E-state index is 5.67. The summed E-state index contributed by atoms with van der Waals surface area (Å²) in [4.78, 5) is 8.31. The summed E-state index contributed by atoms with van der Waals surface area (Å²) in [6.07, 6.45) is 4.08. The van der Waals surface area contributed by atoms with E-state index in [1.165, 1.54) is 6.33 Å². The van der Waals surface area contributed by atoms with Gasteiger partial charge < -0.3 is 14.8 Å². The fourth-order valence-corrected chi connectivity index (χ4v) is 2.05. The number of anilines is 1. The third-order valence-corrected chi connectivity index (χ3v) is 3.19. The van der Waals surface area contributed by atoms with Gasteiger partial charge in [0.2, 0.25) is 0 Å². The van der Waals surface area contributed by atoms with Crippen molar-refractivity contribution in [3.63, 3.8) is 0 Å². The van der Waals surface area contributed by atoms with Crippen molar-refractivity contribution in [3.05, 3.63) is 36.8 Å². The number of rotatable bonds is 7. The Hall–Kier alpha value is -2.83. The van der Waals surface area contributed by atoms with Crippen molar-refractivity contribution in [2.75, 3.05) is 25.6 Å². The maximum Gasteiger partial charge on any atom is 0.160 e. The van der Waals surface area contributed by atoms with E-state index in [-0.39, 0.29) is 0 Å². The molecule has 7 heteroatoms. The minimum absolute atomic E-state index is 0.624. The first-order chi connectivity index (χ1) is 10.9. The largest absolute Gasteiger partial charge is 0.497 e. The number of methoxy groups -OCH3 is 1. The summed E-state index contributed by atoms with van der Waals surface area (Å²) in [6, 6.07) is 7.55. The third-order valence-electron chi connectivity index (χ3n) is 3.19. The molecule has 0 atom stereocenters. The van der Waals surface area contributed by atoms with Crippen LogP contribution < -0.4 is 14.8 Å². The van der Waals surface area contributed by atoms with E-state index in [0.717, 1.165) is 41.3 Å². The lowest BCUT2D eigenvalue weighted by Crippen LogP contribution is -2.08. The summed E-state index contributed by atoms with van der Waals surface area (Å²) >= 11 is 0. The lowest BCUT2D eigenvalue weighted by atomic mass is 10.3. The van der Waals surface area contributed by atoms with Crippen molar-refractivity contribution in [1.82, 2.24) is 20.2 Å². The van der Waals surface area contributed by atoms with Crippen LogP contribution in [0.4, 0.5) is 5.82 Å². The molecule has 114 valence electrons. The van der Waals surface area contributed by atoms with E-state index in [1.807, 2.05) is 24.3 Å². The Kier molecular flexibility index (Phi) is 4.33. The van der Waals surface area contributed by atoms with Crippen LogP contribution in [0.15, 0.2) is 36.8 Å². The second-order valence-corrected chi connectivity index (χ2v) is 4.66. The average Bonchev–Trinajstić information content (AvgIpc) is 3.04. The van der Waals surface area contributed by atoms with Crippen LogP contribution >= 0.6 is 0 Å². The summed E-state index contributed by atoms with van der Waals surface area (Å²) in [5, 5.41) is 10.9. The Morgan fingerprint density at radius 1 is 1.14 bits per heavy atom. The van der Waals surface area contributed by atoms with E-state index in [9.17, 15) is 0 Å². The molecule has 0 saturated carbocycles. The maximum absolute atomic E-state index is 5.67. The number of nitrogens with one attached hydrogen (secondary N) is 2. The molecular formula is C15H17N5O2. The van der Waals surface area contributed by atoms with Gasteiger partial charge in [-0.15, -0.1) is 0 Å². The topological polar surface area (TPSA) is 85.0 Å². The molecule has 2 aromatic heterocycles. The van der Waals surface area contributed by atoms with E-state index in [0.29, 0.717) is 6.61 Å². The highest BCUT2D eigenvalue weighted by Gasteiger charge is 2.04. The highest BCUT2D eigenvalue weighted by molar-refractivity contribution is 5.85. The molecule has 22 heavy (non-hydrogen) atoms. The molecule has 0 aliphatic rings. The molecule has 0 fully saturated rings. The van der Waals surface area contributed by atoms with Gasteiger partial charge in [-0.2, -0.15) is 5.10 Å². The highest BCUT2D eigenvalue weighted by atomic mass is 16.5. The molecule has 0 unspecified atom stereocenters. The lowest BCUT2D eigenvalue weighted by molar-refractivity contribution is 0.314. The van der Waals surface area contributed by atoms with E-state index in [1.54, 1.807) is 13.3 Å². The first kappa shape index (κ1) is 14.1. The van der Waals surface area contributed by atoms with Gasteiger partial charge in [0.25, 0.3) is 0 Å². The number of fused-ring (bicyclic) bond motifs is 1. The Bertz CT molecular complexity index is 726. The molecule has 0 aliphatic heterocycles. The normalized spacial score (nSPS) is 10.6. The molecule has 2 N–H and O–H groups in total. The van der Waals surface area contributed by atoms with Crippen molar-refractivity contribution < 1.29 is 9.47 Å². The molecule has 7 nitrogen and oxygen atoms in total. The van der Waals surface area contributed by atoms with Gasteiger partial charge >= 0.3 is 0 Å². The van der Waals surface area contributed by atoms with Gasteiger partial charge in [0.15, 0.2) is 5.65 Å². The van der Waals surface area contributed by atoms with Crippen molar-refractivity contribution in [1.29, 1.82) is 0 Å². The zero-order valence-corrected chi connectivity index (χ0v) is 12.2. The van der Waals surface area contributed by atoms with Crippen LogP contribution in [0.3, 0.4) is 0 Å². The number of H-pyrrole nitrogens is 1. The Morgan fingerprint density at radius 3 is 2.77 bits per heavy atom. The molecule has 0 radical (unpaired) electrons. The quantitative estimate of drug-likeness (QED) is 0.651. The van der Waals surface area contributed by atoms with Crippen LogP contribution in [-0.4, -0.2) is 40.4 Å². The molecule has 0 bridgehead atoms. The van der Waals surface area contributed by atoms with Crippen LogP contribution in [0.1, 0.15) is 6.42 Å². The summed E-state index contributed by atoms with van der Waals surface area (Å²) < 4.78 is 10.8. The molecule has 2 heterocycles. The summed E-state index contributed by atoms with van der Waals surface area (Å²) in [5.41, 5.74) is 0.729. The standard InChI is InChI=1S/C15H17N5O2/c1-21-11-3-5-12(6-4-11)22-8-2-7-16-14-13-9-19-20-15(13)18-10-17-14/h3-6,9-10H,2,7-8H2,1H3,(H2,16,17,18,19,20). The first-order valence-corrected chi connectivity index (χ1v) is 7.01. The molecule has 0 amide bonds. The SMILES string of the molecule is COc1ccc(OCCCNc2ncnc3[nH]ncc23)cc1. The van der Waals surface area contributed by atoms with Gasteiger partial charge in [-0.1, -0.05) is 0 Å². The smallest absolute Gasteiger partial charge is 0.160 e. The monoisotopic (exact) mass is 299 g/mol. The number of hydrogen-bond acceptors (Lipinski definition) is 6. The van der Waals surface area contributed by atoms with Crippen LogP contribution in [-0.2, 0) is 0 Å². The van der Waals surface area contributed by atoms with Crippen LogP contribution in [0, 0.1) is 0 Å². The number of hydrogen-bond donors (Lipinski definition) is 2. The Labute approximate surface area is 127 Å². The molecule has 3 aromatic rings. The zero-order chi connectivity index (χ0) is 15.2. The molecule has 0 spiro atoms. The van der Waals surface area contributed by atoms with Crippen LogP contribution in [0.25, 0.3) is 11.0 Å². The number of ether oxygens (including phenoxy) is 2. The number of aromatic amines is 1. The molecule has 1 aromatic carbocycles. The second kappa shape index (κ2) is 6.75. The minimum atomic E-state index is 0.624. The second-order valence-electron chi connectivity index (χ2n) is 4.66.